The van der Waals surface area contributed by atoms with Crippen LogP contribution in [0.3, 0.4) is 0 Å². The zero-order chi connectivity index (χ0) is 17.5. The second-order valence-electron chi connectivity index (χ2n) is 5.99. The Morgan fingerprint density at radius 1 is 1.20 bits per heavy atom. The lowest BCUT2D eigenvalue weighted by Gasteiger charge is -2.20. The first-order valence-corrected chi connectivity index (χ1v) is 8.38. The molecule has 2 aromatic rings. The third-order valence-electron chi connectivity index (χ3n) is 4.00. The van der Waals surface area contributed by atoms with Gasteiger partial charge in [-0.05, 0) is 42.7 Å². The van der Waals surface area contributed by atoms with Crippen LogP contribution >= 0.6 is 0 Å². The van der Waals surface area contributed by atoms with E-state index >= 15 is 0 Å². The minimum absolute atomic E-state index is 0.103. The number of rotatable bonds is 6. The lowest BCUT2D eigenvalue weighted by Crippen LogP contribution is -2.23. The SMILES string of the molecule is O=C(Cc1ccccc1)Nc1cc(NC[C@H]2CCC=CO2)ccc1F. The van der Waals surface area contributed by atoms with E-state index in [2.05, 4.69) is 10.6 Å². The van der Waals surface area contributed by atoms with Crippen molar-refractivity contribution in [1.29, 1.82) is 0 Å². The first-order chi connectivity index (χ1) is 12.2. The molecule has 0 fully saturated rings. The van der Waals surface area contributed by atoms with Gasteiger partial charge in [0.2, 0.25) is 5.91 Å². The molecule has 130 valence electrons. The summed E-state index contributed by atoms with van der Waals surface area (Å²) >= 11 is 0. The van der Waals surface area contributed by atoms with E-state index in [1.165, 1.54) is 6.07 Å². The summed E-state index contributed by atoms with van der Waals surface area (Å²) in [6.45, 7) is 0.632. The summed E-state index contributed by atoms with van der Waals surface area (Å²) in [5.41, 5.74) is 1.81. The predicted octanol–water partition coefficient (Wildman–Crippen LogP) is 4.11. The predicted molar refractivity (Wildman–Crippen MR) is 96.9 cm³/mol. The molecular weight excluding hydrogens is 319 g/mol. The summed E-state index contributed by atoms with van der Waals surface area (Å²) in [6, 6.07) is 14.0. The van der Waals surface area contributed by atoms with Crippen molar-refractivity contribution >= 4 is 17.3 Å². The third kappa shape index (κ3) is 5.08. The maximum Gasteiger partial charge on any atom is 0.228 e. The molecule has 3 rings (SSSR count). The molecule has 1 amide bonds. The molecule has 0 saturated heterocycles. The Hall–Kier alpha value is -2.82. The fraction of sp³-hybridized carbons (Fsp3) is 0.250. The minimum Gasteiger partial charge on any atom is -0.497 e. The van der Waals surface area contributed by atoms with Crippen LogP contribution in [0.1, 0.15) is 18.4 Å². The second kappa shape index (κ2) is 8.33. The van der Waals surface area contributed by atoms with Crippen molar-refractivity contribution in [2.24, 2.45) is 0 Å². The van der Waals surface area contributed by atoms with Crippen molar-refractivity contribution in [1.82, 2.24) is 0 Å². The monoisotopic (exact) mass is 340 g/mol. The zero-order valence-electron chi connectivity index (χ0n) is 13.9. The number of halogens is 1. The maximum absolute atomic E-state index is 14.0. The largest absolute Gasteiger partial charge is 0.497 e. The van der Waals surface area contributed by atoms with Gasteiger partial charge >= 0.3 is 0 Å². The molecule has 25 heavy (non-hydrogen) atoms. The number of nitrogens with one attached hydrogen (secondary N) is 2. The Morgan fingerprint density at radius 2 is 2.04 bits per heavy atom. The Morgan fingerprint density at radius 3 is 2.80 bits per heavy atom. The van der Waals surface area contributed by atoms with Crippen LogP contribution in [0, 0.1) is 5.82 Å². The number of carbonyl (C=O) groups excluding carboxylic acids is 1. The highest BCUT2D eigenvalue weighted by Gasteiger charge is 2.12. The average molecular weight is 340 g/mol. The molecule has 0 bridgehead atoms. The Labute approximate surface area is 146 Å². The maximum atomic E-state index is 14.0. The molecule has 0 unspecified atom stereocenters. The van der Waals surface area contributed by atoms with Crippen LogP contribution in [-0.4, -0.2) is 18.6 Å². The molecule has 0 aromatic heterocycles. The molecule has 1 aliphatic rings. The number of hydrogen-bond acceptors (Lipinski definition) is 3. The van der Waals surface area contributed by atoms with E-state index in [9.17, 15) is 9.18 Å². The summed E-state index contributed by atoms with van der Waals surface area (Å²) in [5.74, 6) is -0.702. The lowest BCUT2D eigenvalue weighted by atomic mass is 10.1. The first kappa shape index (κ1) is 17.0. The van der Waals surface area contributed by atoms with Crippen molar-refractivity contribution in [3.63, 3.8) is 0 Å². The summed E-state index contributed by atoms with van der Waals surface area (Å²) in [5, 5.41) is 5.87. The minimum atomic E-state index is -0.455. The third-order valence-corrected chi connectivity index (χ3v) is 4.00. The number of anilines is 2. The van der Waals surface area contributed by atoms with Crippen LogP contribution < -0.4 is 10.6 Å². The number of allylic oxidation sites excluding steroid dienone is 1. The number of ether oxygens (including phenoxy) is 1. The van der Waals surface area contributed by atoms with Crippen LogP contribution in [0.2, 0.25) is 0 Å². The fourth-order valence-electron chi connectivity index (χ4n) is 2.67. The van der Waals surface area contributed by atoms with Gasteiger partial charge in [0.05, 0.1) is 24.9 Å². The van der Waals surface area contributed by atoms with Crippen molar-refractivity contribution in [2.45, 2.75) is 25.4 Å². The highest BCUT2D eigenvalue weighted by atomic mass is 19.1. The average Bonchev–Trinajstić information content (AvgIpc) is 2.64. The van der Waals surface area contributed by atoms with Gasteiger partial charge < -0.3 is 15.4 Å². The van der Waals surface area contributed by atoms with Crippen molar-refractivity contribution in [3.8, 4) is 0 Å². The molecular formula is C20H21FN2O2. The Bertz CT molecular complexity index is 747. The molecule has 1 atom stereocenters. The van der Waals surface area contributed by atoms with Gasteiger partial charge in [-0.2, -0.15) is 0 Å². The van der Waals surface area contributed by atoms with Crippen LogP contribution in [0.4, 0.5) is 15.8 Å². The summed E-state index contributed by atoms with van der Waals surface area (Å²) in [6.07, 6.45) is 5.97. The van der Waals surface area contributed by atoms with Crippen LogP contribution in [-0.2, 0) is 16.0 Å². The number of amides is 1. The Balaban J connectivity index is 1.59. The van der Waals surface area contributed by atoms with Gasteiger partial charge in [-0.25, -0.2) is 4.39 Å². The van der Waals surface area contributed by atoms with E-state index in [0.717, 1.165) is 24.1 Å². The van der Waals surface area contributed by atoms with E-state index in [1.54, 1.807) is 18.4 Å². The van der Waals surface area contributed by atoms with Gasteiger partial charge in [0, 0.05) is 5.69 Å². The normalized spacial score (nSPS) is 16.1. The topological polar surface area (TPSA) is 50.4 Å². The second-order valence-corrected chi connectivity index (χ2v) is 5.99. The number of hydrogen-bond donors (Lipinski definition) is 2. The Kier molecular flexibility index (Phi) is 5.67. The van der Waals surface area contributed by atoms with Crippen molar-refractivity contribution in [3.05, 3.63) is 72.2 Å². The molecule has 0 saturated carbocycles. The van der Waals surface area contributed by atoms with E-state index in [-0.39, 0.29) is 24.1 Å². The summed E-state index contributed by atoms with van der Waals surface area (Å²) < 4.78 is 19.5. The molecule has 2 aromatic carbocycles. The molecule has 1 heterocycles. The van der Waals surface area contributed by atoms with Crippen molar-refractivity contribution in [2.75, 3.05) is 17.2 Å². The molecule has 0 aliphatic carbocycles. The van der Waals surface area contributed by atoms with Gasteiger partial charge in [-0.15, -0.1) is 0 Å². The molecule has 0 spiro atoms. The van der Waals surface area contributed by atoms with Gasteiger partial charge in [0.15, 0.2) is 0 Å². The highest BCUT2D eigenvalue weighted by molar-refractivity contribution is 5.92. The summed E-state index contributed by atoms with van der Waals surface area (Å²) in [4.78, 5) is 12.1. The first-order valence-electron chi connectivity index (χ1n) is 8.38. The summed E-state index contributed by atoms with van der Waals surface area (Å²) in [7, 11) is 0. The van der Waals surface area contributed by atoms with E-state index in [4.69, 9.17) is 4.74 Å². The van der Waals surface area contributed by atoms with Crippen LogP contribution in [0.15, 0.2) is 60.9 Å². The standard InChI is InChI=1S/C20H21FN2O2/c21-18-10-9-16(22-14-17-8-4-5-11-25-17)13-19(18)23-20(24)12-15-6-2-1-3-7-15/h1-3,5-7,9-11,13,17,22H,4,8,12,14H2,(H,23,24)/t17-/m1/s1. The van der Waals surface area contributed by atoms with E-state index in [1.807, 2.05) is 36.4 Å². The van der Waals surface area contributed by atoms with Crippen molar-refractivity contribution < 1.29 is 13.9 Å². The highest BCUT2D eigenvalue weighted by Crippen LogP contribution is 2.21. The number of carbonyl (C=O) groups is 1. The van der Waals surface area contributed by atoms with Gasteiger partial charge in [-0.3, -0.25) is 4.79 Å². The zero-order valence-corrected chi connectivity index (χ0v) is 13.9. The van der Waals surface area contributed by atoms with Gasteiger partial charge in [-0.1, -0.05) is 30.3 Å². The van der Waals surface area contributed by atoms with Crippen LogP contribution in [0.25, 0.3) is 0 Å². The number of benzene rings is 2. The molecule has 5 heteroatoms. The van der Waals surface area contributed by atoms with E-state index in [0.29, 0.717) is 6.54 Å². The smallest absolute Gasteiger partial charge is 0.228 e. The molecule has 4 nitrogen and oxygen atoms in total. The lowest BCUT2D eigenvalue weighted by molar-refractivity contribution is -0.115. The van der Waals surface area contributed by atoms with E-state index < -0.39 is 5.82 Å². The molecule has 1 aliphatic heterocycles. The molecule has 2 N–H and O–H groups in total. The van der Waals surface area contributed by atoms with Crippen LogP contribution in [0.5, 0.6) is 0 Å². The van der Waals surface area contributed by atoms with Gasteiger partial charge in [0.1, 0.15) is 11.9 Å². The quantitative estimate of drug-likeness (QED) is 0.832. The molecule has 0 radical (unpaired) electrons. The van der Waals surface area contributed by atoms with Gasteiger partial charge in [0.25, 0.3) is 0 Å². The fourth-order valence-corrected chi connectivity index (χ4v) is 2.67.